The molecule has 1 unspecified atom stereocenters. The Bertz CT molecular complexity index is 1070. The molecule has 178 valence electrons. The minimum absolute atomic E-state index is 0.146. The molecule has 0 aromatic heterocycles. The van der Waals surface area contributed by atoms with Gasteiger partial charge in [-0.1, -0.05) is 30.4 Å². The van der Waals surface area contributed by atoms with E-state index in [-0.39, 0.29) is 6.04 Å². The number of unbranched alkanes of at least 4 members (excludes halogenated alkanes) is 1. The van der Waals surface area contributed by atoms with Gasteiger partial charge in [0.2, 0.25) is 0 Å². The van der Waals surface area contributed by atoms with Gasteiger partial charge in [0.15, 0.2) is 0 Å². The van der Waals surface area contributed by atoms with Crippen LogP contribution in [0.4, 0.5) is 10.5 Å². The molecule has 6 heteroatoms. The van der Waals surface area contributed by atoms with Crippen LogP contribution in [0.5, 0.6) is 17.2 Å². The van der Waals surface area contributed by atoms with Crippen LogP contribution in [0.15, 0.2) is 72.3 Å². The molecule has 2 aromatic carbocycles. The topological polar surface area (TPSA) is 71.0 Å². The molecule has 0 saturated heterocycles. The summed E-state index contributed by atoms with van der Waals surface area (Å²) in [6, 6.07) is 13.6. The minimum atomic E-state index is -0.968. The van der Waals surface area contributed by atoms with Crippen molar-refractivity contribution in [3.63, 3.8) is 0 Å². The molecule has 2 N–H and O–H groups in total. The van der Waals surface area contributed by atoms with Crippen molar-refractivity contribution >= 4 is 17.9 Å². The van der Waals surface area contributed by atoms with Gasteiger partial charge < -0.3 is 24.8 Å². The lowest BCUT2D eigenvalue weighted by atomic mass is 9.96. The lowest BCUT2D eigenvalue weighted by Crippen LogP contribution is -2.35. The summed E-state index contributed by atoms with van der Waals surface area (Å²) in [6.07, 6.45) is 14.4. The van der Waals surface area contributed by atoms with Crippen molar-refractivity contribution in [1.82, 2.24) is 5.32 Å². The van der Waals surface area contributed by atoms with Crippen LogP contribution in [-0.2, 0) is 0 Å². The molecule has 4 rings (SSSR count). The van der Waals surface area contributed by atoms with Gasteiger partial charge in [-0.3, -0.25) is 0 Å². The maximum absolute atomic E-state index is 11.3. The number of carboxylic acid groups (broad SMARTS) is 1. The van der Waals surface area contributed by atoms with E-state index in [0.29, 0.717) is 0 Å². The fourth-order valence-corrected chi connectivity index (χ4v) is 4.41. The Morgan fingerprint density at radius 2 is 1.82 bits per heavy atom. The van der Waals surface area contributed by atoms with E-state index in [1.54, 1.807) is 7.11 Å². The van der Waals surface area contributed by atoms with Crippen molar-refractivity contribution in [3.05, 3.63) is 77.9 Å². The highest BCUT2D eigenvalue weighted by atomic mass is 16.5. The minimum Gasteiger partial charge on any atom is -0.497 e. The molecule has 1 amide bonds. The molecule has 0 bridgehead atoms. The van der Waals surface area contributed by atoms with E-state index in [9.17, 15) is 9.90 Å². The van der Waals surface area contributed by atoms with Gasteiger partial charge in [-0.2, -0.15) is 0 Å². The molecular formula is C28H32N2O4. The van der Waals surface area contributed by atoms with Gasteiger partial charge in [0.25, 0.3) is 0 Å². The quantitative estimate of drug-likeness (QED) is 0.401. The van der Waals surface area contributed by atoms with Crippen molar-refractivity contribution in [2.75, 3.05) is 25.1 Å². The van der Waals surface area contributed by atoms with E-state index in [2.05, 4.69) is 52.7 Å². The van der Waals surface area contributed by atoms with Crippen molar-refractivity contribution < 1.29 is 19.4 Å². The standard InChI is InChI=1S/C28H32N2O4/c1-33-23-14-16-24(17-15-23)34-25-13-12-22-10-7-19-30(27(22)20-25)18-6-5-11-26(29-28(31)32)21-8-3-2-4-9-21/h3,7-10,12-17,20,26,29H,2,4-6,11,18-19H2,1H3,(H,31,32). The Kier molecular flexibility index (Phi) is 7.91. The summed E-state index contributed by atoms with van der Waals surface area (Å²) in [5.41, 5.74) is 3.42. The second-order valence-electron chi connectivity index (χ2n) is 8.53. The third kappa shape index (κ3) is 6.22. The first-order valence-electron chi connectivity index (χ1n) is 11.9. The molecule has 0 radical (unpaired) electrons. The van der Waals surface area contributed by atoms with E-state index in [0.717, 1.165) is 73.7 Å². The number of benzene rings is 2. The van der Waals surface area contributed by atoms with Crippen molar-refractivity contribution in [1.29, 1.82) is 0 Å². The van der Waals surface area contributed by atoms with Crippen molar-refractivity contribution in [2.45, 2.75) is 38.1 Å². The van der Waals surface area contributed by atoms with E-state index in [1.165, 1.54) is 5.56 Å². The van der Waals surface area contributed by atoms with Crippen LogP contribution in [-0.4, -0.2) is 37.4 Å². The molecule has 0 fully saturated rings. The normalized spacial score (nSPS) is 15.3. The van der Waals surface area contributed by atoms with Gasteiger partial charge in [-0.25, -0.2) is 4.79 Å². The molecule has 0 saturated carbocycles. The Labute approximate surface area is 201 Å². The fourth-order valence-electron chi connectivity index (χ4n) is 4.41. The highest BCUT2D eigenvalue weighted by Crippen LogP contribution is 2.33. The zero-order valence-corrected chi connectivity index (χ0v) is 19.6. The number of amides is 1. The van der Waals surface area contributed by atoms with Gasteiger partial charge in [-0.15, -0.1) is 0 Å². The summed E-state index contributed by atoms with van der Waals surface area (Å²) in [6.45, 7) is 1.75. The smallest absolute Gasteiger partial charge is 0.405 e. The zero-order chi connectivity index (χ0) is 23.8. The summed E-state index contributed by atoms with van der Waals surface area (Å²) in [4.78, 5) is 13.6. The second-order valence-corrected chi connectivity index (χ2v) is 8.53. The Hall–Kier alpha value is -3.67. The zero-order valence-electron chi connectivity index (χ0n) is 19.6. The fraction of sp³-hybridized carbons (Fsp3) is 0.321. The van der Waals surface area contributed by atoms with Crippen LogP contribution in [0.2, 0.25) is 0 Å². The number of carbonyl (C=O) groups is 1. The van der Waals surface area contributed by atoms with E-state index < -0.39 is 6.09 Å². The molecule has 34 heavy (non-hydrogen) atoms. The lowest BCUT2D eigenvalue weighted by molar-refractivity contribution is 0.191. The number of nitrogens with one attached hydrogen (secondary N) is 1. The molecular weight excluding hydrogens is 428 g/mol. The molecule has 1 aliphatic heterocycles. The number of nitrogens with zero attached hydrogens (tertiary/aromatic N) is 1. The maximum Gasteiger partial charge on any atom is 0.405 e. The largest absolute Gasteiger partial charge is 0.497 e. The SMILES string of the molecule is COc1ccc(Oc2ccc3c(c2)N(CCCCC(NC(=O)O)C2=CCCC=C2)CC=C3)cc1. The number of anilines is 1. The van der Waals surface area contributed by atoms with Gasteiger partial charge in [0, 0.05) is 24.8 Å². The van der Waals surface area contributed by atoms with Crippen molar-refractivity contribution in [2.24, 2.45) is 0 Å². The predicted octanol–water partition coefficient (Wildman–Crippen LogP) is 6.40. The number of ether oxygens (including phenoxy) is 2. The summed E-state index contributed by atoms with van der Waals surface area (Å²) in [7, 11) is 1.65. The van der Waals surface area contributed by atoms with Crippen LogP contribution in [0.1, 0.15) is 37.7 Å². The van der Waals surface area contributed by atoms with Crippen LogP contribution < -0.4 is 19.7 Å². The number of hydrogen-bond acceptors (Lipinski definition) is 4. The molecule has 6 nitrogen and oxygen atoms in total. The summed E-state index contributed by atoms with van der Waals surface area (Å²) in [5.74, 6) is 2.36. The maximum atomic E-state index is 11.3. The highest BCUT2D eigenvalue weighted by molar-refractivity contribution is 5.73. The molecule has 1 heterocycles. The number of rotatable bonds is 10. The van der Waals surface area contributed by atoms with Crippen LogP contribution in [0.3, 0.4) is 0 Å². The Morgan fingerprint density at radius 3 is 2.56 bits per heavy atom. The molecule has 2 aliphatic rings. The summed E-state index contributed by atoms with van der Waals surface area (Å²) < 4.78 is 11.3. The first-order chi connectivity index (χ1) is 16.6. The average Bonchev–Trinajstić information content (AvgIpc) is 2.87. The van der Waals surface area contributed by atoms with Gasteiger partial charge >= 0.3 is 6.09 Å². The monoisotopic (exact) mass is 460 g/mol. The van der Waals surface area contributed by atoms with Crippen LogP contribution in [0, 0.1) is 0 Å². The highest BCUT2D eigenvalue weighted by Gasteiger charge is 2.17. The summed E-state index contributed by atoms with van der Waals surface area (Å²) in [5, 5.41) is 11.9. The Balaban J connectivity index is 1.35. The van der Waals surface area contributed by atoms with Crippen LogP contribution >= 0.6 is 0 Å². The number of allylic oxidation sites excluding steroid dienone is 2. The average molecular weight is 461 g/mol. The second kappa shape index (κ2) is 11.5. The first kappa shape index (κ1) is 23.5. The predicted molar refractivity (Wildman–Crippen MR) is 136 cm³/mol. The third-order valence-electron chi connectivity index (χ3n) is 6.16. The summed E-state index contributed by atoms with van der Waals surface area (Å²) >= 11 is 0. The molecule has 0 spiro atoms. The molecule has 1 aliphatic carbocycles. The van der Waals surface area contributed by atoms with Crippen molar-refractivity contribution in [3.8, 4) is 17.2 Å². The van der Waals surface area contributed by atoms with Gasteiger partial charge in [0.1, 0.15) is 17.2 Å². The molecule has 1 atom stereocenters. The van der Waals surface area contributed by atoms with Gasteiger partial charge in [-0.05, 0) is 79.6 Å². The number of methoxy groups -OCH3 is 1. The number of fused-ring (bicyclic) bond motifs is 1. The molecule has 2 aromatic rings. The Morgan fingerprint density at radius 1 is 1.03 bits per heavy atom. The van der Waals surface area contributed by atoms with E-state index in [4.69, 9.17) is 9.47 Å². The lowest BCUT2D eigenvalue weighted by Gasteiger charge is -2.29. The van der Waals surface area contributed by atoms with E-state index >= 15 is 0 Å². The van der Waals surface area contributed by atoms with Crippen LogP contribution in [0.25, 0.3) is 6.08 Å². The number of hydrogen-bond donors (Lipinski definition) is 2. The first-order valence-corrected chi connectivity index (χ1v) is 11.9. The third-order valence-corrected chi connectivity index (χ3v) is 6.16. The van der Waals surface area contributed by atoms with E-state index in [1.807, 2.05) is 30.3 Å². The van der Waals surface area contributed by atoms with Gasteiger partial charge in [0.05, 0.1) is 13.2 Å².